The van der Waals surface area contributed by atoms with Crippen molar-refractivity contribution < 1.29 is 33.9 Å². The van der Waals surface area contributed by atoms with Crippen molar-refractivity contribution in [1.29, 1.82) is 0 Å². The summed E-state index contributed by atoms with van der Waals surface area (Å²) >= 11 is 0.859. The van der Waals surface area contributed by atoms with Crippen LogP contribution in [0.15, 0.2) is 54.1 Å². The zero-order valence-corrected chi connectivity index (χ0v) is 21.5. The zero-order chi connectivity index (χ0) is 27.6. The Morgan fingerprint density at radius 3 is 2.39 bits per heavy atom. The summed E-state index contributed by atoms with van der Waals surface area (Å²) < 4.78 is 10.3. The van der Waals surface area contributed by atoms with Gasteiger partial charge in [-0.15, -0.1) is 0 Å². The molecule has 196 valence electrons. The number of Topliss-reactive ketones (excluding diaryl/α,β-unsaturated/α-hetero) is 1. The quantitative estimate of drug-likeness (QED) is 0.109. The number of carbonyl (C=O) groups excluding carboxylic acids is 3. The molecule has 1 aliphatic rings. The number of aryl methyl sites for hydroxylation is 1. The lowest BCUT2D eigenvalue weighted by Crippen LogP contribution is -2.29. The van der Waals surface area contributed by atoms with Crippen LogP contribution in [0.3, 0.4) is 0 Å². The molecular formula is C26H23N3O8S. The predicted molar refractivity (Wildman–Crippen MR) is 138 cm³/mol. The Kier molecular flexibility index (Phi) is 7.53. The van der Waals surface area contributed by atoms with Gasteiger partial charge in [-0.05, 0) is 55.3 Å². The van der Waals surface area contributed by atoms with Crippen LogP contribution >= 0.6 is 11.3 Å². The molecule has 1 aromatic heterocycles. The second-order valence-electron chi connectivity index (χ2n) is 8.29. The number of ether oxygens (including phenoxy) is 2. The Balaban J connectivity index is 1.87. The van der Waals surface area contributed by atoms with Crippen LogP contribution in [-0.4, -0.2) is 46.4 Å². The van der Waals surface area contributed by atoms with Crippen molar-refractivity contribution in [2.45, 2.75) is 26.3 Å². The lowest BCUT2D eigenvalue weighted by atomic mass is 9.95. The number of methoxy groups -OCH3 is 1. The molecule has 0 aliphatic carbocycles. The summed E-state index contributed by atoms with van der Waals surface area (Å²) in [6.07, 6.45) is 0.814. The van der Waals surface area contributed by atoms with Gasteiger partial charge in [-0.1, -0.05) is 18.3 Å². The van der Waals surface area contributed by atoms with E-state index in [0.717, 1.165) is 22.7 Å². The van der Waals surface area contributed by atoms with E-state index in [4.69, 9.17) is 9.47 Å². The molecule has 0 radical (unpaired) electrons. The first-order chi connectivity index (χ1) is 18.2. The summed E-state index contributed by atoms with van der Waals surface area (Å²) in [5, 5.41) is 22.5. The molecule has 12 heteroatoms. The minimum atomic E-state index is -1.16. The van der Waals surface area contributed by atoms with Crippen molar-refractivity contribution >= 4 is 45.6 Å². The number of aliphatic hydroxyl groups is 1. The Bertz CT molecular complexity index is 1440. The van der Waals surface area contributed by atoms with Gasteiger partial charge < -0.3 is 14.6 Å². The van der Waals surface area contributed by atoms with Crippen LogP contribution < -0.4 is 9.64 Å². The van der Waals surface area contributed by atoms with Crippen molar-refractivity contribution in [1.82, 2.24) is 4.98 Å². The number of ketones is 1. The Labute approximate surface area is 221 Å². The van der Waals surface area contributed by atoms with Crippen molar-refractivity contribution in [2.24, 2.45) is 0 Å². The number of hydrogen-bond donors (Lipinski definition) is 1. The van der Waals surface area contributed by atoms with E-state index in [1.807, 2.05) is 6.92 Å². The predicted octanol–water partition coefficient (Wildman–Crippen LogP) is 4.56. The number of non-ortho nitro benzene ring substituents is 1. The molecule has 1 saturated heterocycles. The second kappa shape index (κ2) is 10.8. The highest BCUT2D eigenvalue weighted by molar-refractivity contribution is 7.17. The van der Waals surface area contributed by atoms with Gasteiger partial charge in [0.2, 0.25) is 0 Å². The number of nitro benzene ring substituents is 1. The first-order valence-corrected chi connectivity index (χ1v) is 12.3. The van der Waals surface area contributed by atoms with E-state index in [0.29, 0.717) is 23.6 Å². The number of carbonyl (C=O) groups is 3. The molecule has 1 atom stereocenters. The molecule has 0 spiro atoms. The maximum absolute atomic E-state index is 13.3. The van der Waals surface area contributed by atoms with Crippen LogP contribution in [0.5, 0.6) is 5.75 Å². The number of rotatable bonds is 8. The minimum Gasteiger partial charge on any atom is -0.507 e. The van der Waals surface area contributed by atoms with Gasteiger partial charge in [-0.3, -0.25) is 24.6 Å². The van der Waals surface area contributed by atoms with Gasteiger partial charge in [0.25, 0.3) is 11.5 Å². The smallest absolute Gasteiger partial charge is 0.350 e. The fraction of sp³-hybridized carbons (Fsp3) is 0.231. The molecule has 1 unspecified atom stereocenters. The lowest BCUT2D eigenvalue weighted by Gasteiger charge is -2.23. The van der Waals surface area contributed by atoms with Gasteiger partial charge in [-0.25, -0.2) is 9.78 Å². The van der Waals surface area contributed by atoms with Gasteiger partial charge in [0.05, 0.1) is 35.9 Å². The van der Waals surface area contributed by atoms with Crippen LogP contribution in [0.2, 0.25) is 0 Å². The van der Waals surface area contributed by atoms with Gasteiger partial charge in [0.15, 0.2) is 5.13 Å². The van der Waals surface area contributed by atoms with Crippen molar-refractivity contribution in [3.8, 4) is 5.75 Å². The molecule has 0 bridgehead atoms. The van der Waals surface area contributed by atoms with E-state index in [9.17, 15) is 29.6 Å². The van der Waals surface area contributed by atoms with Crippen molar-refractivity contribution in [2.75, 3.05) is 18.6 Å². The van der Waals surface area contributed by atoms with E-state index in [1.54, 1.807) is 31.2 Å². The molecule has 1 fully saturated rings. The normalized spacial score (nSPS) is 16.5. The summed E-state index contributed by atoms with van der Waals surface area (Å²) in [6, 6.07) is 10.5. The maximum Gasteiger partial charge on any atom is 0.350 e. The number of esters is 1. The van der Waals surface area contributed by atoms with Gasteiger partial charge in [0, 0.05) is 17.7 Å². The number of aromatic nitrogens is 1. The van der Waals surface area contributed by atoms with Gasteiger partial charge >= 0.3 is 11.9 Å². The van der Waals surface area contributed by atoms with Crippen LogP contribution in [0.4, 0.5) is 10.8 Å². The molecule has 38 heavy (non-hydrogen) atoms. The third kappa shape index (κ3) is 4.85. The standard InChI is InChI=1S/C26H23N3O8S/c1-4-13-37-18-11-7-16(8-12-18)21(30)19-20(15-5-9-17(10-6-15)29(34)35)28(24(32)22(19)31)26-27-14(2)23(38-26)25(33)36-3/h5-12,20,30H,4,13H2,1-3H3/b21-19+. The lowest BCUT2D eigenvalue weighted by molar-refractivity contribution is -0.384. The molecule has 0 saturated carbocycles. The van der Waals surface area contributed by atoms with E-state index >= 15 is 0 Å². The number of benzene rings is 2. The Hall–Kier alpha value is -4.58. The molecule has 1 N–H and O–H groups in total. The number of nitrogens with zero attached hydrogens (tertiary/aromatic N) is 3. The van der Waals surface area contributed by atoms with Crippen LogP contribution in [0.1, 0.15) is 45.9 Å². The summed E-state index contributed by atoms with van der Waals surface area (Å²) in [4.78, 5) is 54.9. The third-order valence-corrected chi connectivity index (χ3v) is 6.96. The van der Waals surface area contributed by atoms with Crippen LogP contribution in [-0.2, 0) is 14.3 Å². The first kappa shape index (κ1) is 26.5. The van der Waals surface area contributed by atoms with Crippen LogP contribution in [0, 0.1) is 17.0 Å². The second-order valence-corrected chi connectivity index (χ2v) is 9.27. The third-order valence-electron chi connectivity index (χ3n) is 5.83. The van der Waals surface area contributed by atoms with Crippen molar-refractivity contribution in [3.63, 3.8) is 0 Å². The molecule has 11 nitrogen and oxygen atoms in total. The van der Waals surface area contributed by atoms with E-state index in [2.05, 4.69) is 4.98 Å². The minimum absolute atomic E-state index is 0.0377. The highest BCUT2D eigenvalue weighted by Gasteiger charge is 2.48. The summed E-state index contributed by atoms with van der Waals surface area (Å²) in [5.41, 5.74) is 0.477. The molecule has 2 heterocycles. The number of nitro groups is 1. The average Bonchev–Trinajstić information content (AvgIpc) is 3.43. The highest BCUT2D eigenvalue weighted by Crippen LogP contribution is 2.44. The monoisotopic (exact) mass is 537 g/mol. The molecule has 2 aromatic carbocycles. The van der Waals surface area contributed by atoms with Gasteiger partial charge in [-0.2, -0.15) is 0 Å². The van der Waals surface area contributed by atoms with E-state index < -0.39 is 34.4 Å². The molecule has 4 rings (SSSR count). The van der Waals surface area contributed by atoms with Crippen LogP contribution in [0.25, 0.3) is 5.76 Å². The molecule has 1 amide bonds. The largest absolute Gasteiger partial charge is 0.507 e. The number of thiazole rings is 1. The van der Waals surface area contributed by atoms with Gasteiger partial charge in [0.1, 0.15) is 16.4 Å². The summed E-state index contributed by atoms with van der Waals surface area (Å²) in [6.45, 7) is 4.04. The maximum atomic E-state index is 13.3. The zero-order valence-electron chi connectivity index (χ0n) is 20.7. The average molecular weight is 538 g/mol. The van der Waals surface area contributed by atoms with Crippen molar-refractivity contribution in [3.05, 3.63) is 85.9 Å². The number of hydrogen-bond acceptors (Lipinski definition) is 10. The van der Waals surface area contributed by atoms with E-state index in [1.165, 1.54) is 31.4 Å². The molecular weight excluding hydrogens is 514 g/mol. The summed E-state index contributed by atoms with van der Waals surface area (Å²) in [7, 11) is 1.21. The first-order valence-electron chi connectivity index (χ1n) is 11.5. The summed E-state index contributed by atoms with van der Waals surface area (Å²) in [5.74, 6) is -2.45. The topological polar surface area (TPSA) is 149 Å². The number of anilines is 1. The Morgan fingerprint density at radius 2 is 1.82 bits per heavy atom. The van der Waals surface area contributed by atoms with E-state index in [-0.39, 0.29) is 26.8 Å². The SMILES string of the molecule is CCCOc1ccc(/C(O)=C2\C(=O)C(=O)N(c3nc(C)c(C(=O)OC)s3)C2c2ccc([N+](=O)[O-])cc2)cc1. The Morgan fingerprint density at radius 1 is 1.16 bits per heavy atom. The number of aliphatic hydroxyl groups excluding tert-OH is 1. The fourth-order valence-electron chi connectivity index (χ4n) is 3.98. The highest BCUT2D eigenvalue weighted by atomic mass is 32.1. The molecule has 3 aromatic rings. The molecule has 1 aliphatic heterocycles. The fourth-order valence-corrected chi connectivity index (χ4v) is 4.99. The number of amides is 1.